The van der Waals surface area contributed by atoms with E-state index in [9.17, 15) is 4.79 Å². The number of nitrogens with zero attached hydrogens (tertiary/aromatic N) is 5. The second-order valence-corrected chi connectivity index (χ2v) is 9.08. The molecule has 0 spiro atoms. The Hall–Kier alpha value is -2.97. The van der Waals surface area contributed by atoms with E-state index in [1.165, 1.54) is 11.3 Å². The number of amides is 1. The van der Waals surface area contributed by atoms with Crippen LogP contribution in [0.15, 0.2) is 42.7 Å². The number of anilines is 2. The summed E-state index contributed by atoms with van der Waals surface area (Å²) in [5, 5.41) is 3.99. The summed E-state index contributed by atoms with van der Waals surface area (Å²) in [7, 11) is 4.25. The van der Waals surface area contributed by atoms with Gasteiger partial charge in [-0.1, -0.05) is 0 Å². The Morgan fingerprint density at radius 1 is 1.20 bits per heavy atom. The fourth-order valence-electron chi connectivity index (χ4n) is 3.95. The van der Waals surface area contributed by atoms with Gasteiger partial charge < -0.3 is 19.5 Å². The minimum Gasteiger partial charge on any atom is -0.355 e. The molecule has 0 saturated carbocycles. The van der Waals surface area contributed by atoms with Crippen LogP contribution < -0.4 is 10.2 Å². The Balaban J connectivity index is 1.35. The number of pyridine rings is 2. The quantitative estimate of drug-likeness (QED) is 0.546. The van der Waals surface area contributed by atoms with Gasteiger partial charge in [0.1, 0.15) is 16.3 Å². The Kier molecular flexibility index (Phi) is 4.67. The van der Waals surface area contributed by atoms with Crippen molar-refractivity contribution in [1.29, 1.82) is 0 Å². The fraction of sp³-hybridized carbons (Fsp3) is 0.318. The van der Waals surface area contributed by atoms with E-state index in [2.05, 4.69) is 46.3 Å². The van der Waals surface area contributed by atoms with E-state index >= 15 is 0 Å². The number of hydrogen-bond acceptors (Lipinski definition) is 6. The third-order valence-corrected chi connectivity index (χ3v) is 6.68. The summed E-state index contributed by atoms with van der Waals surface area (Å²) < 4.78 is 1.92. The molecule has 4 aromatic heterocycles. The first-order valence-corrected chi connectivity index (χ1v) is 10.9. The van der Waals surface area contributed by atoms with Crippen molar-refractivity contribution in [3.63, 3.8) is 0 Å². The summed E-state index contributed by atoms with van der Waals surface area (Å²) in [5.74, 6) is 0.867. The van der Waals surface area contributed by atoms with Gasteiger partial charge in [-0.25, -0.2) is 9.97 Å². The van der Waals surface area contributed by atoms with Crippen LogP contribution in [0.4, 0.5) is 11.5 Å². The van der Waals surface area contributed by atoms with E-state index in [-0.39, 0.29) is 5.91 Å². The molecule has 1 atom stereocenters. The zero-order chi connectivity index (χ0) is 20.8. The summed E-state index contributed by atoms with van der Waals surface area (Å²) in [6.07, 6.45) is 4.96. The minimum atomic E-state index is -0.121. The zero-order valence-corrected chi connectivity index (χ0v) is 18.1. The van der Waals surface area contributed by atoms with Crippen molar-refractivity contribution in [2.45, 2.75) is 19.4 Å². The van der Waals surface area contributed by atoms with Gasteiger partial charge in [0.25, 0.3) is 5.91 Å². The van der Waals surface area contributed by atoms with Crippen molar-refractivity contribution in [2.24, 2.45) is 0 Å². The van der Waals surface area contributed by atoms with Crippen LogP contribution in [0.2, 0.25) is 0 Å². The molecule has 154 valence electrons. The van der Waals surface area contributed by atoms with Crippen LogP contribution in [-0.2, 0) is 0 Å². The molecule has 4 aromatic rings. The molecule has 5 rings (SSSR count). The molecular formula is C22H24N6OS. The molecule has 1 N–H and O–H groups in total. The number of carbonyl (C=O) groups excluding carboxylic acids is 1. The van der Waals surface area contributed by atoms with Gasteiger partial charge in [-0.3, -0.25) is 4.79 Å². The van der Waals surface area contributed by atoms with Gasteiger partial charge in [0.2, 0.25) is 0 Å². The molecular weight excluding hydrogens is 396 g/mol. The van der Waals surface area contributed by atoms with Gasteiger partial charge in [0.15, 0.2) is 0 Å². The van der Waals surface area contributed by atoms with E-state index in [0.717, 1.165) is 52.6 Å². The Labute approximate surface area is 179 Å². The van der Waals surface area contributed by atoms with Crippen LogP contribution in [0.3, 0.4) is 0 Å². The van der Waals surface area contributed by atoms with Crippen LogP contribution in [0.5, 0.6) is 0 Å². The molecule has 1 fully saturated rings. The van der Waals surface area contributed by atoms with E-state index in [4.69, 9.17) is 4.98 Å². The van der Waals surface area contributed by atoms with Crippen molar-refractivity contribution in [1.82, 2.24) is 19.3 Å². The van der Waals surface area contributed by atoms with E-state index in [1.807, 2.05) is 41.9 Å². The highest BCUT2D eigenvalue weighted by molar-refractivity contribution is 7.20. The topological polar surface area (TPSA) is 65.8 Å². The highest BCUT2D eigenvalue weighted by Gasteiger charge is 2.25. The van der Waals surface area contributed by atoms with Crippen LogP contribution in [0, 0.1) is 6.92 Å². The molecule has 1 amide bonds. The summed E-state index contributed by atoms with van der Waals surface area (Å²) >= 11 is 1.43. The predicted octanol–water partition coefficient (Wildman–Crippen LogP) is 3.65. The minimum absolute atomic E-state index is 0.121. The molecule has 7 nitrogen and oxygen atoms in total. The number of imidazole rings is 1. The predicted molar refractivity (Wildman–Crippen MR) is 122 cm³/mol. The second kappa shape index (κ2) is 7.37. The maximum Gasteiger partial charge on any atom is 0.265 e. The molecule has 30 heavy (non-hydrogen) atoms. The number of carbonyl (C=O) groups is 1. The first-order chi connectivity index (χ1) is 14.5. The lowest BCUT2D eigenvalue weighted by molar-refractivity contribution is 0.103. The van der Waals surface area contributed by atoms with Crippen LogP contribution in [0.25, 0.3) is 15.9 Å². The lowest BCUT2D eigenvalue weighted by atomic mass is 10.2. The summed E-state index contributed by atoms with van der Waals surface area (Å²) in [4.78, 5) is 28.2. The molecule has 1 aliphatic heterocycles. The summed E-state index contributed by atoms with van der Waals surface area (Å²) in [6.45, 7) is 3.95. The Morgan fingerprint density at radius 3 is 2.87 bits per heavy atom. The van der Waals surface area contributed by atoms with Crippen molar-refractivity contribution >= 4 is 44.6 Å². The number of hydrogen-bond donors (Lipinski definition) is 1. The van der Waals surface area contributed by atoms with Gasteiger partial charge >= 0.3 is 0 Å². The third-order valence-electron chi connectivity index (χ3n) is 5.64. The molecule has 8 heteroatoms. The summed E-state index contributed by atoms with van der Waals surface area (Å²) in [5.41, 5.74) is 2.55. The molecule has 0 aliphatic carbocycles. The highest BCUT2D eigenvalue weighted by atomic mass is 32.1. The molecule has 1 saturated heterocycles. The smallest absolute Gasteiger partial charge is 0.265 e. The van der Waals surface area contributed by atoms with Gasteiger partial charge in [0.05, 0.1) is 16.3 Å². The number of likely N-dealkylation sites (N-methyl/N-ethyl adjacent to an activating group) is 1. The second-order valence-electron chi connectivity index (χ2n) is 8.05. The average Bonchev–Trinajstić information content (AvgIpc) is 3.44. The molecule has 0 bridgehead atoms. The number of fused-ring (bicyclic) bond motifs is 2. The first-order valence-electron chi connectivity index (χ1n) is 10.0. The van der Waals surface area contributed by atoms with Gasteiger partial charge in [-0.05, 0) is 57.8 Å². The highest BCUT2D eigenvalue weighted by Crippen LogP contribution is 2.29. The van der Waals surface area contributed by atoms with Crippen LogP contribution in [-0.4, -0.2) is 58.4 Å². The Bertz CT molecular complexity index is 1240. The van der Waals surface area contributed by atoms with E-state index in [0.29, 0.717) is 10.9 Å². The van der Waals surface area contributed by atoms with Gasteiger partial charge in [-0.2, -0.15) is 0 Å². The largest absolute Gasteiger partial charge is 0.355 e. The van der Waals surface area contributed by atoms with Crippen molar-refractivity contribution in [2.75, 3.05) is 37.4 Å². The van der Waals surface area contributed by atoms with Crippen molar-refractivity contribution < 1.29 is 4.79 Å². The summed E-state index contributed by atoms with van der Waals surface area (Å²) in [6, 6.07) is 10.4. The molecule has 0 aromatic carbocycles. The molecule has 0 radical (unpaired) electrons. The first kappa shape index (κ1) is 19.0. The zero-order valence-electron chi connectivity index (χ0n) is 17.3. The fourth-order valence-corrected chi connectivity index (χ4v) is 4.87. The van der Waals surface area contributed by atoms with Crippen molar-refractivity contribution in [3.8, 4) is 0 Å². The SMILES string of the molecule is Cc1cn2cc(NC(=O)c3cc4ccc(N5CCC(N(C)C)C5)nc4s3)ccc2n1. The maximum absolute atomic E-state index is 12.8. The monoisotopic (exact) mass is 420 g/mol. The van der Waals surface area contributed by atoms with Crippen LogP contribution in [0.1, 0.15) is 21.8 Å². The number of nitrogens with one attached hydrogen (secondary N) is 1. The molecule has 5 heterocycles. The van der Waals surface area contributed by atoms with Crippen molar-refractivity contribution in [3.05, 3.63) is 53.3 Å². The number of thiophene rings is 1. The average molecular weight is 421 g/mol. The lowest BCUT2D eigenvalue weighted by Gasteiger charge is -2.21. The molecule has 1 aliphatic rings. The van der Waals surface area contributed by atoms with E-state index in [1.54, 1.807) is 0 Å². The van der Waals surface area contributed by atoms with E-state index < -0.39 is 0 Å². The Morgan fingerprint density at radius 2 is 2.07 bits per heavy atom. The number of rotatable bonds is 4. The van der Waals surface area contributed by atoms with Crippen LogP contribution >= 0.6 is 11.3 Å². The lowest BCUT2D eigenvalue weighted by Crippen LogP contribution is -2.31. The number of aromatic nitrogens is 3. The number of aryl methyl sites for hydroxylation is 1. The third kappa shape index (κ3) is 3.53. The van der Waals surface area contributed by atoms with Gasteiger partial charge in [-0.15, -0.1) is 11.3 Å². The van der Waals surface area contributed by atoms with Gasteiger partial charge in [0, 0.05) is 36.9 Å². The maximum atomic E-state index is 12.8. The standard InChI is InChI=1S/C22H24N6OS/c1-14-11-28-12-16(5-7-19(28)23-14)24-21(29)18-10-15-4-6-20(25-22(15)30-18)27-9-8-17(13-27)26(2)3/h4-7,10-12,17H,8-9,13H2,1-3H3,(H,24,29). The normalized spacial score (nSPS) is 16.8. The molecule has 1 unspecified atom stereocenters.